The van der Waals surface area contributed by atoms with Gasteiger partial charge in [0.1, 0.15) is 0 Å². The zero-order chi connectivity index (χ0) is 21.3. The van der Waals surface area contributed by atoms with E-state index in [4.69, 9.17) is 4.42 Å². The third-order valence-electron chi connectivity index (χ3n) is 6.73. The van der Waals surface area contributed by atoms with E-state index >= 15 is 0 Å². The summed E-state index contributed by atoms with van der Waals surface area (Å²) in [5.74, 6) is 0.651. The van der Waals surface area contributed by atoms with Gasteiger partial charge in [-0.3, -0.25) is 19.4 Å². The molecule has 160 valence electrons. The highest BCUT2D eigenvalue weighted by molar-refractivity contribution is 5.95. The number of piperidine rings is 1. The van der Waals surface area contributed by atoms with Crippen molar-refractivity contribution < 1.29 is 18.8 Å². The van der Waals surface area contributed by atoms with E-state index in [0.29, 0.717) is 36.8 Å². The van der Waals surface area contributed by atoms with Crippen LogP contribution in [0.2, 0.25) is 0 Å². The highest BCUT2D eigenvalue weighted by Gasteiger charge is 2.54. The van der Waals surface area contributed by atoms with Gasteiger partial charge in [-0.1, -0.05) is 0 Å². The van der Waals surface area contributed by atoms with Gasteiger partial charge < -0.3 is 19.5 Å². The number of nitrogens with one attached hydrogen (secondary N) is 1. The summed E-state index contributed by atoms with van der Waals surface area (Å²) >= 11 is 0. The Morgan fingerprint density at radius 1 is 1.33 bits per heavy atom. The molecule has 1 aliphatic carbocycles. The van der Waals surface area contributed by atoms with Crippen LogP contribution < -0.4 is 5.32 Å². The van der Waals surface area contributed by atoms with Crippen LogP contribution in [0.1, 0.15) is 43.2 Å². The van der Waals surface area contributed by atoms with Crippen molar-refractivity contribution in [1.29, 1.82) is 0 Å². The summed E-state index contributed by atoms with van der Waals surface area (Å²) < 4.78 is 5.57. The Balaban J connectivity index is 1.21. The first-order valence-corrected chi connectivity index (χ1v) is 10.5. The minimum Gasteiger partial charge on any atom is -0.449 e. The number of amides is 3. The fourth-order valence-corrected chi connectivity index (χ4v) is 4.41. The van der Waals surface area contributed by atoms with E-state index in [-0.39, 0.29) is 23.1 Å². The highest BCUT2D eigenvalue weighted by atomic mass is 16.3. The lowest BCUT2D eigenvalue weighted by molar-refractivity contribution is -0.134. The van der Waals surface area contributed by atoms with E-state index in [1.807, 2.05) is 11.0 Å². The van der Waals surface area contributed by atoms with E-state index in [9.17, 15) is 14.4 Å². The van der Waals surface area contributed by atoms with Crippen molar-refractivity contribution in [2.75, 3.05) is 33.2 Å². The van der Waals surface area contributed by atoms with Gasteiger partial charge in [0, 0.05) is 58.2 Å². The molecule has 1 saturated carbocycles. The molecule has 8 heteroatoms. The molecule has 1 spiro atoms. The highest BCUT2D eigenvalue weighted by Crippen LogP contribution is 2.59. The number of hydrogen-bond acceptors (Lipinski definition) is 5. The Bertz CT molecular complexity index is 928. The Morgan fingerprint density at radius 2 is 2.10 bits per heavy atom. The lowest BCUT2D eigenvalue weighted by atomic mass is 9.90. The number of carbonyl (C=O) groups excluding carboxylic acids is 3. The minimum absolute atomic E-state index is 0.0254. The van der Waals surface area contributed by atoms with E-state index in [1.165, 1.54) is 6.92 Å². The van der Waals surface area contributed by atoms with Gasteiger partial charge in [-0.25, -0.2) is 0 Å². The zero-order valence-corrected chi connectivity index (χ0v) is 17.5. The van der Waals surface area contributed by atoms with Gasteiger partial charge in [0.25, 0.3) is 5.91 Å². The predicted molar refractivity (Wildman–Crippen MR) is 111 cm³/mol. The summed E-state index contributed by atoms with van der Waals surface area (Å²) in [6.07, 6.45) is 6.68. The average molecular weight is 412 g/mol. The molecule has 1 unspecified atom stereocenters. The Labute approximate surface area is 175 Å². The van der Waals surface area contributed by atoms with Gasteiger partial charge in [-0.15, -0.1) is 0 Å². The van der Waals surface area contributed by atoms with Crippen molar-refractivity contribution in [3.05, 3.63) is 30.3 Å². The lowest BCUT2D eigenvalue weighted by Gasteiger charge is -2.33. The Hall–Kier alpha value is -2.90. The first kappa shape index (κ1) is 20.4. The second-order valence-corrected chi connectivity index (χ2v) is 8.57. The molecule has 4 rings (SSSR count). The molecular formula is C22H28N4O4. The molecule has 2 aliphatic rings. The SMILES string of the molecule is CC(=O)N(C)CCC(=O)N1CCC2(CC1)CC2CNC(=O)c1cc2ccncc2o1. The number of aromatic nitrogens is 1. The number of rotatable bonds is 6. The fraction of sp³-hybridized carbons (Fsp3) is 0.545. The Kier molecular flexibility index (Phi) is 5.49. The van der Waals surface area contributed by atoms with Gasteiger partial charge in [0.15, 0.2) is 11.3 Å². The summed E-state index contributed by atoms with van der Waals surface area (Å²) in [6.45, 7) is 4.10. The Morgan fingerprint density at radius 3 is 2.80 bits per heavy atom. The molecule has 3 amide bonds. The second kappa shape index (κ2) is 8.08. The van der Waals surface area contributed by atoms with Crippen LogP contribution in [0.15, 0.2) is 28.9 Å². The predicted octanol–water partition coefficient (Wildman–Crippen LogP) is 2.05. The molecule has 1 aliphatic heterocycles. The summed E-state index contributed by atoms with van der Waals surface area (Å²) in [4.78, 5) is 43.6. The number of carbonyl (C=O) groups is 3. The zero-order valence-electron chi connectivity index (χ0n) is 17.5. The molecule has 0 aromatic carbocycles. The molecule has 2 fully saturated rings. The summed E-state index contributed by atoms with van der Waals surface area (Å²) in [6, 6.07) is 3.56. The monoisotopic (exact) mass is 412 g/mol. The first-order valence-electron chi connectivity index (χ1n) is 10.5. The van der Waals surface area contributed by atoms with Crippen LogP contribution in [0.4, 0.5) is 0 Å². The van der Waals surface area contributed by atoms with E-state index < -0.39 is 0 Å². The number of likely N-dealkylation sites (tertiary alicyclic amines) is 1. The van der Waals surface area contributed by atoms with Crippen LogP contribution in [-0.2, 0) is 9.59 Å². The second-order valence-electron chi connectivity index (χ2n) is 8.57. The minimum atomic E-state index is -0.199. The van der Waals surface area contributed by atoms with Gasteiger partial charge >= 0.3 is 0 Å². The fourth-order valence-electron chi connectivity index (χ4n) is 4.41. The molecule has 8 nitrogen and oxygen atoms in total. The van der Waals surface area contributed by atoms with E-state index in [2.05, 4.69) is 10.3 Å². The molecule has 2 aromatic heterocycles. The van der Waals surface area contributed by atoms with Gasteiger partial charge in [-0.05, 0) is 42.7 Å². The van der Waals surface area contributed by atoms with Gasteiger partial charge in [0.05, 0.1) is 6.20 Å². The van der Waals surface area contributed by atoms with Gasteiger partial charge in [0.2, 0.25) is 11.8 Å². The number of nitrogens with zero attached hydrogens (tertiary/aromatic N) is 3. The number of hydrogen-bond donors (Lipinski definition) is 1. The summed E-state index contributed by atoms with van der Waals surface area (Å²) in [5, 5.41) is 3.87. The molecule has 2 aromatic rings. The van der Waals surface area contributed by atoms with Crippen LogP contribution in [0.3, 0.4) is 0 Å². The number of pyridine rings is 1. The van der Waals surface area contributed by atoms with Crippen LogP contribution in [0.5, 0.6) is 0 Å². The first-order chi connectivity index (χ1) is 14.4. The summed E-state index contributed by atoms with van der Waals surface area (Å²) in [7, 11) is 1.71. The van der Waals surface area contributed by atoms with Crippen molar-refractivity contribution in [2.45, 2.75) is 32.6 Å². The third-order valence-corrected chi connectivity index (χ3v) is 6.73. The smallest absolute Gasteiger partial charge is 0.287 e. The molecule has 3 heterocycles. The van der Waals surface area contributed by atoms with Gasteiger partial charge in [-0.2, -0.15) is 0 Å². The maximum atomic E-state index is 12.4. The molecule has 1 atom stereocenters. The van der Waals surface area contributed by atoms with Crippen molar-refractivity contribution in [3.8, 4) is 0 Å². The van der Waals surface area contributed by atoms with Crippen LogP contribution in [0, 0.1) is 11.3 Å². The van der Waals surface area contributed by atoms with Crippen molar-refractivity contribution in [3.63, 3.8) is 0 Å². The number of fused-ring (bicyclic) bond motifs is 1. The molecule has 0 bridgehead atoms. The standard InChI is InChI=1S/C22H28N4O4/c1-15(27)25(2)8-4-20(28)26-9-5-22(6-10-26)12-17(22)13-24-21(29)18-11-16-3-7-23-14-19(16)30-18/h3,7,11,14,17H,4-6,8-10,12-13H2,1-2H3,(H,24,29). The topological polar surface area (TPSA) is 95.8 Å². The quantitative estimate of drug-likeness (QED) is 0.784. The van der Waals surface area contributed by atoms with Crippen LogP contribution >= 0.6 is 0 Å². The molecule has 30 heavy (non-hydrogen) atoms. The van der Waals surface area contributed by atoms with Crippen molar-refractivity contribution >= 4 is 28.7 Å². The van der Waals surface area contributed by atoms with E-state index in [1.54, 1.807) is 30.4 Å². The largest absolute Gasteiger partial charge is 0.449 e. The van der Waals surface area contributed by atoms with Crippen molar-refractivity contribution in [2.24, 2.45) is 11.3 Å². The van der Waals surface area contributed by atoms with E-state index in [0.717, 1.165) is 37.7 Å². The maximum Gasteiger partial charge on any atom is 0.287 e. The maximum absolute atomic E-state index is 12.4. The molecule has 0 radical (unpaired) electrons. The molecular weight excluding hydrogens is 384 g/mol. The molecule has 1 N–H and O–H groups in total. The van der Waals surface area contributed by atoms with Crippen LogP contribution in [-0.4, -0.2) is 65.7 Å². The normalized spacial score (nSPS) is 19.7. The molecule has 1 saturated heterocycles. The third kappa shape index (κ3) is 4.17. The average Bonchev–Trinajstić information content (AvgIpc) is 3.21. The lowest BCUT2D eigenvalue weighted by Crippen LogP contribution is -2.41. The van der Waals surface area contributed by atoms with Crippen LogP contribution in [0.25, 0.3) is 11.0 Å². The number of furan rings is 1. The van der Waals surface area contributed by atoms with Crippen molar-refractivity contribution in [1.82, 2.24) is 20.1 Å². The summed E-state index contributed by atoms with van der Waals surface area (Å²) in [5.41, 5.74) is 0.856.